The molecule has 1 rings (SSSR count). The van der Waals surface area contributed by atoms with E-state index in [2.05, 4.69) is 5.32 Å². The molecule has 1 aliphatic rings. The molecule has 0 aromatic carbocycles. The second kappa shape index (κ2) is 5.42. The predicted octanol–water partition coefficient (Wildman–Crippen LogP) is -0.773. The van der Waals surface area contributed by atoms with Crippen molar-refractivity contribution in [2.45, 2.75) is 20.3 Å². The number of amides is 5. The van der Waals surface area contributed by atoms with Crippen LogP contribution in [0.4, 0.5) is 4.79 Å². The number of nitrogens with zero attached hydrogens (tertiary/aromatic N) is 1. The van der Waals surface area contributed by atoms with Crippen molar-refractivity contribution in [3.63, 3.8) is 0 Å². The molecule has 0 unspecified atom stereocenters. The lowest BCUT2D eigenvalue weighted by Gasteiger charge is -2.11. The third-order valence-electron chi connectivity index (χ3n) is 2.17. The van der Waals surface area contributed by atoms with Gasteiger partial charge in [-0.2, -0.15) is 0 Å². The molecule has 7 nitrogen and oxygen atoms in total. The molecule has 1 heterocycles. The molecular weight excluding hydrogens is 226 g/mol. The third kappa shape index (κ3) is 3.54. The number of rotatable bonds is 5. The highest BCUT2D eigenvalue weighted by Crippen LogP contribution is 2.01. The summed E-state index contributed by atoms with van der Waals surface area (Å²) >= 11 is 0. The van der Waals surface area contributed by atoms with Crippen LogP contribution in [0.25, 0.3) is 0 Å². The highest BCUT2D eigenvalue weighted by Gasteiger charge is 2.36. The Morgan fingerprint density at radius 3 is 2.47 bits per heavy atom. The Labute approximate surface area is 98.5 Å². The van der Waals surface area contributed by atoms with Crippen molar-refractivity contribution in [3.8, 4) is 0 Å². The first-order valence-electron chi connectivity index (χ1n) is 5.35. The Balaban J connectivity index is 2.36. The lowest BCUT2D eigenvalue weighted by Crippen LogP contribution is -2.36. The molecule has 0 aliphatic carbocycles. The normalized spacial score (nSPS) is 15.5. The zero-order valence-corrected chi connectivity index (χ0v) is 9.78. The Morgan fingerprint density at radius 1 is 1.35 bits per heavy atom. The van der Waals surface area contributed by atoms with E-state index in [4.69, 9.17) is 0 Å². The molecule has 1 fully saturated rings. The summed E-state index contributed by atoms with van der Waals surface area (Å²) in [6, 6.07) is -0.767. The molecule has 5 amide bonds. The molecule has 1 aliphatic heterocycles. The number of imide groups is 2. The van der Waals surface area contributed by atoms with E-state index in [-0.39, 0.29) is 18.9 Å². The van der Waals surface area contributed by atoms with E-state index in [1.807, 2.05) is 19.2 Å². The van der Waals surface area contributed by atoms with Crippen molar-refractivity contribution in [1.82, 2.24) is 15.5 Å². The molecular formula is C10H15N3O4. The van der Waals surface area contributed by atoms with Crippen LogP contribution >= 0.6 is 0 Å². The summed E-state index contributed by atoms with van der Waals surface area (Å²) in [6.45, 7) is 4.37. The van der Waals surface area contributed by atoms with Gasteiger partial charge in [0.1, 0.15) is 0 Å². The van der Waals surface area contributed by atoms with Crippen LogP contribution < -0.4 is 10.6 Å². The largest absolute Gasteiger partial charge is 0.356 e. The fourth-order valence-corrected chi connectivity index (χ4v) is 1.26. The van der Waals surface area contributed by atoms with Gasteiger partial charge in [0.15, 0.2) is 0 Å². The smallest absolute Gasteiger partial charge is 0.331 e. The van der Waals surface area contributed by atoms with Crippen LogP contribution in [-0.2, 0) is 14.4 Å². The first-order chi connectivity index (χ1) is 7.91. The van der Waals surface area contributed by atoms with Crippen LogP contribution in [-0.4, -0.2) is 41.7 Å². The van der Waals surface area contributed by atoms with Gasteiger partial charge in [-0.3, -0.25) is 24.6 Å². The Bertz CT molecular complexity index is 365. The molecule has 17 heavy (non-hydrogen) atoms. The van der Waals surface area contributed by atoms with Gasteiger partial charge in [-0.05, 0) is 5.92 Å². The van der Waals surface area contributed by atoms with Crippen molar-refractivity contribution in [3.05, 3.63) is 0 Å². The van der Waals surface area contributed by atoms with Gasteiger partial charge in [-0.25, -0.2) is 4.79 Å². The van der Waals surface area contributed by atoms with Crippen molar-refractivity contribution in [2.24, 2.45) is 5.92 Å². The first kappa shape index (κ1) is 13.1. The average Bonchev–Trinajstić information content (AvgIpc) is 2.48. The van der Waals surface area contributed by atoms with Gasteiger partial charge in [0.25, 0.3) is 0 Å². The topological polar surface area (TPSA) is 95.6 Å². The van der Waals surface area contributed by atoms with Crippen molar-refractivity contribution < 1.29 is 19.2 Å². The zero-order chi connectivity index (χ0) is 13.0. The van der Waals surface area contributed by atoms with E-state index in [9.17, 15) is 19.2 Å². The Kier molecular flexibility index (Phi) is 4.19. The summed E-state index contributed by atoms with van der Waals surface area (Å²) in [6.07, 6.45) is -0.000833. The molecule has 0 aromatic heterocycles. The molecule has 94 valence electrons. The fourth-order valence-electron chi connectivity index (χ4n) is 1.26. The number of hydrogen-bond acceptors (Lipinski definition) is 4. The van der Waals surface area contributed by atoms with Crippen molar-refractivity contribution in [2.75, 3.05) is 13.1 Å². The molecule has 0 atom stereocenters. The zero-order valence-electron chi connectivity index (χ0n) is 9.78. The van der Waals surface area contributed by atoms with Gasteiger partial charge >= 0.3 is 17.8 Å². The minimum absolute atomic E-state index is 0.000833. The highest BCUT2D eigenvalue weighted by molar-refractivity contribution is 6.44. The molecule has 0 radical (unpaired) electrons. The van der Waals surface area contributed by atoms with Crippen LogP contribution in [0.3, 0.4) is 0 Å². The monoisotopic (exact) mass is 241 g/mol. The lowest BCUT2D eigenvalue weighted by atomic mass is 10.2. The molecule has 2 N–H and O–H groups in total. The average molecular weight is 241 g/mol. The van der Waals surface area contributed by atoms with Gasteiger partial charge in [0, 0.05) is 19.5 Å². The number of hydrogen-bond donors (Lipinski definition) is 2. The number of carbonyl (C=O) groups is 4. The third-order valence-corrected chi connectivity index (χ3v) is 2.17. The maximum atomic E-state index is 11.3. The van der Waals surface area contributed by atoms with Gasteiger partial charge < -0.3 is 5.32 Å². The summed E-state index contributed by atoms with van der Waals surface area (Å²) in [7, 11) is 0. The maximum absolute atomic E-state index is 11.3. The van der Waals surface area contributed by atoms with Crippen LogP contribution in [0.15, 0.2) is 0 Å². The van der Waals surface area contributed by atoms with Crippen LogP contribution in [0, 0.1) is 5.92 Å². The van der Waals surface area contributed by atoms with Crippen LogP contribution in [0.1, 0.15) is 20.3 Å². The van der Waals surface area contributed by atoms with E-state index in [1.165, 1.54) is 0 Å². The second-order valence-corrected chi connectivity index (χ2v) is 4.16. The van der Waals surface area contributed by atoms with E-state index >= 15 is 0 Å². The van der Waals surface area contributed by atoms with E-state index < -0.39 is 17.8 Å². The standard InChI is InChI=1S/C10H15N3O4/c1-6(2)5-11-7(14)3-4-13-9(16)8(15)12-10(13)17/h6H,3-5H2,1-2H3,(H,11,14)(H,12,15,17). The molecule has 0 spiro atoms. The minimum atomic E-state index is -0.947. The van der Waals surface area contributed by atoms with E-state index in [0.717, 1.165) is 4.90 Å². The summed E-state index contributed by atoms with van der Waals surface area (Å²) in [5.74, 6) is -1.78. The first-order valence-corrected chi connectivity index (χ1v) is 5.35. The Hall–Kier alpha value is -1.92. The number of nitrogens with one attached hydrogen (secondary N) is 2. The predicted molar refractivity (Wildman–Crippen MR) is 57.7 cm³/mol. The quantitative estimate of drug-likeness (QED) is 0.488. The summed E-state index contributed by atoms with van der Waals surface area (Å²) in [4.78, 5) is 45.2. The maximum Gasteiger partial charge on any atom is 0.331 e. The SMILES string of the molecule is CC(C)CNC(=O)CCN1C(=O)NC(=O)C1=O. The van der Waals surface area contributed by atoms with Crippen molar-refractivity contribution in [1.29, 1.82) is 0 Å². The lowest BCUT2D eigenvalue weighted by molar-refractivity contribution is -0.140. The summed E-state index contributed by atoms with van der Waals surface area (Å²) in [5, 5.41) is 4.51. The summed E-state index contributed by atoms with van der Waals surface area (Å²) in [5.41, 5.74) is 0. The van der Waals surface area contributed by atoms with Gasteiger partial charge in [-0.15, -0.1) is 0 Å². The molecule has 1 saturated heterocycles. The second-order valence-electron chi connectivity index (χ2n) is 4.16. The molecule has 0 saturated carbocycles. The Morgan fingerprint density at radius 2 is 2.00 bits per heavy atom. The van der Waals surface area contributed by atoms with Gasteiger partial charge in [-0.1, -0.05) is 13.8 Å². The fraction of sp³-hybridized carbons (Fsp3) is 0.600. The number of carbonyl (C=O) groups excluding carboxylic acids is 4. The van der Waals surface area contributed by atoms with Crippen LogP contribution in [0.2, 0.25) is 0 Å². The summed E-state index contributed by atoms with van der Waals surface area (Å²) < 4.78 is 0. The van der Waals surface area contributed by atoms with Gasteiger partial charge in [0.05, 0.1) is 0 Å². The number of urea groups is 1. The minimum Gasteiger partial charge on any atom is -0.356 e. The molecule has 7 heteroatoms. The molecule has 0 aromatic rings. The van der Waals surface area contributed by atoms with E-state index in [1.54, 1.807) is 0 Å². The highest BCUT2D eigenvalue weighted by atomic mass is 16.2. The van der Waals surface area contributed by atoms with Crippen molar-refractivity contribution >= 4 is 23.8 Å². The molecule has 0 bridgehead atoms. The van der Waals surface area contributed by atoms with E-state index in [0.29, 0.717) is 12.5 Å². The van der Waals surface area contributed by atoms with Gasteiger partial charge in [0.2, 0.25) is 5.91 Å². The van der Waals surface area contributed by atoms with Crippen LogP contribution in [0.5, 0.6) is 0 Å².